The number of carbonyl (C=O) groups is 1. The Morgan fingerprint density at radius 1 is 1.39 bits per heavy atom. The molecule has 23 heavy (non-hydrogen) atoms. The maximum absolute atomic E-state index is 13.4. The quantitative estimate of drug-likeness (QED) is 0.907. The lowest BCUT2D eigenvalue weighted by Gasteiger charge is -2.32. The van der Waals surface area contributed by atoms with Gasteiger partial charge in [0.15, 0.2) is 0 Å². The first-order valence-electron chi connectivity index (χ1n) is 7.62. The van der Waals surface area contributed by atoms with Crippen LogP contribution in [0, 0.1) is 12.7 Å². The van der Waals surface area contributed by atoms with Crippen molar-refractivity contribution < 1.29 is 19.0 Å². The molecule has 1 aliphatic heterocycles. The average Bonchev–Trinajstić information content (AvgIpc) is 2.52. The Kier molecular flexibility index (Phi) is 4.28. The van der Waals surface area contributed by atoms with Crippen molar-refractivity contribution in [3.63, 3.8) is 0 Å². The number of carbonyl (C=O) groups excluding carboxylic acids is 1. The summed E-state index contributed by atoms with van der Waals surface area (Å²) in [5, 5.41) is 13.8. The van der Waals surface area contributed by atoms with Gasteiger partial charge < -0.3 is 15.2 Å². The number of hydrogen-bond acceptors (Lipinski definition) is 4. The number of rotatable bonds is 3. The first-order chi connectivity index (χ1) is 11.0. The largest absolute Gasteiger partial charge is 0.388 e. The van der Waals surface area contributed by atoms with Gasteiger partial charge in [-0.15, -0.1) is 0 Å². The maximum Gasteiger partial charge on any atom is 0.252 e. The summed E-state index contributed by atoms with van der Waals surface area (Å²) in [6, 6.07) is 5.84. The van der Waals surface area contributed by atoms with Crippen LogP contribution in [0.25, 0.3) is 10.9 Å². The Hall–Kier alpha value is -2.05. The number of ether oxygens (including phenoxy) is 1. The summed E-state index contributed by atoms with van der Waals surface area (Å²) in [6.07, 6.45) is 0.989. The second kappa shape index (κ2) is 6.22. The van der Waals surface area contributed by atoms with Crippen molar-refractivity contribution in [1.82, 2.24) is 10.3 Å². The molecule has 0 bridgehead atoms. The number of benzene rings is 1. The van der Waals surface area contributed by atoms with E-state index in [0.717, 1.165) is 0 Å². The van der Waals surface area contributed by atoms with Gasteiger partial charge in [-0.3, -0.25) is 9.78 Å². The van der Waals surface area contributed by atoms with Gasteiger partial charge in [0.05, 0.1) is 16.7 Å². The fraction of sp³-hybridized carbons (Fsp3) is 0.412. The number of pyridine rings is 1. The van der Waals surface area contributed by atoms with E-state index in [2.05, 4.69) is 10.3 Å². The van der Waals surface area contributed by atoms with E-state index in [4.69, 9.17) is 4.74 Å². The van der Waals surface area contributed by atoms with Crippen LogP contribution in [0.1, 0.15) is 28.9 Å². The molecule has 2 aromatic rings. The third-order valence-corrected chi connectivity index (χ3v) is 4.15. The highest BCUT2D eigenvalue weighted by molar-refractivity contribution is 6.06. The number of fused-ring (bicyclic) bond motifs is 1. The van der Waals surface area contributed by atoms with Crippen molar-refractivity contribution in [3.05, 3.63) is 41.3 Å². The zero-order valence-corrected chi connectivity index (χ0v) is 12.9. The molecule has 1 aliphatic rings. The molecule has 0 atom stereocenters. The highest BCUT2D eigenvalue weighted by atomic mass is 19.1. The van der Waals surface area contributed by atoms with Gasteiger partial charge in [0.25, 0.3) is 5.91 Å². The van der Waals surface area contributed by atoms with Crippen LogP contribution in [-0.4, -0.2) is 41.4 Å². The van der Waals surface area contributed by atoms with Crippen LogP contribution in [0.3, 0.4) is 0 Å². The molecular weight excluding hydrogens is 299 g/mol. The van der Waals surface area contributed by atoms with Crippen LogP contribution in [0.5, 0.6) is 0 Å². The number of aromatic nitrogens is 1. The zero-order chi connectivity index (χ0) is 16.4. The fourth-order valence-electron chi connectivity index (χ4n) is 2.79. The normalized spacial score (nSPS) is 17.2. The van der Waals surface area contributed by atoms with E-state index < -0.39 is 11.4 Å². The lowest BCUT2D eigenvalue weighted by molar-refractivity contribution is -0.0605. The summed E-state index contributed by atoms with van der Waals surface area (Å²) < 4.78 is 18.6. The number of aryl methyl sites for hydroxylation is 1. The van der Waals surface area contributed by atoms with E-state index >= 15 is 0 Å². The van der Waals surface area contributed by atoms with Crippen molar-refractivity contribution in [1.29, 1.82) is 0 Å². The fourth-order valence-corrected chi connectivity index (χ4v) is 2.79. The molecule has 1 aromatic carbocycles. The smallest absolute Gasteiger partial charge is 0.252 e. The topological polar surface area (TPSA) is 71.5 Å². The highest BCUT2D eigenvalue weighted by Gasteiger charge is 2.30. The monoisotopic (exact) mass is 318 g/mol. The number of halogens is 1. The van der Waals surface area contributed by atoms with E-state index in [1.54, 1.807) is 19.1 Å². The van der Waals surface area contributed by atoms with Crippen molar-refractivity contribution in [2.75, 3.05) is 19.8 Å². The van der Waals surface area contributed by atoms with Gasteiger partial charge in [0, 0.05) is 49.7 Å². The molecule has 1 aromatic heterocycles. The predicted octanol–water partition coefficient (Wildman–Crippen LogP) is 1.95. The minimum atomic E-state index is -0.933. The number of hydrogen-bond donors (Lipinski definition) is 2. The van der Waals surface area contributed by atoms with Crippen LogP contribution in [0.4, 0.5) is 4.39 Å². The summed E-state index contributed by atoms with van der Waals surface area (Å²) in [4.78, 5) is 16.8. The Morgan fingerprint density at radius 2 is 2.13 bits per heavy atom. The molecule has 0 saturated carbocycles. The first-order valence-corrected chi connectivity index (χ1v) is 7.62. The molecule has 3 rings (SSSR count). The second-order valence-electron chi connectivity index (χ2n) is 5.99. The molecule has 6 heteroatoms. The van der Waals surface area contributed by atoms with Crippen LogP contribution < -0.4 is 5.32 Å². The van der Waals surface area contributed by atoms with E-state index in [9.17, 15) is 14.3 Å². The molecule has 2 N–H and O–H groups in total. The molecule has 1 saturated heterocycles. The Bertz CT molecular complexity index is 737. The maximum atomic E-state index is 13.4. The van der Waals surface area contributed by atoms with Crippen LogP contribution >= 0.6 is 0 Å². The van der Waals surface area contributed by atoms with Crippen molar-refractivity contribution >= 4 is 16.8 Å². The van der Waals surface area contributed by atoms with Gasteiger partial charge in [0.1, 0.15) is 5.82 Å². The van der Waals surface area contributed by atoms with E-state index in [-0.39, 0.29) is 12.5 Å². The predicted molar refractivity (Wildman–Crippen MR) is 83.8 cm³/mol. The Morgan fingerprint density at radius 3 is 2.87 bits per heavy atom. The summed E-state index contributed by atoms with van der Waals surface area (Å²) >= 11 is 0. The van der Waals surface area contributed by atoms with Gasteiger partial charge >= 0.3 is 0 Å². The third-order valence-electron chi connectivity index (χ3n) is 4.15. The minimum absolute atomic E-state index is 0.166. The lowest BCUT2D eigenvalue weighted by atomic mass is 9.94. The van der Waals surface area contributed by atoms with Gasteiger partial charge in [-0.05, 0) is 25.1 Å². The van der Waals surface area contributed by atoms with Crippen LogP contribution in [-0.2, 0) is 4.74 Å². The number of aliphatic hydroxyl groups is 1. The lowest BCUT2D eigenvalue weighted by Crippen LogP contribution is -2.46. The molecule has 0 radical (unpaired) electrons. The summed E-state index contributed by atoms with van der Waals surface area (Å²) in [5.74, 6) is -0.689. The van der Waals surface area contributed by atoms with E-state index in [1.165, 1.54) is 12.1 Å². The standard InChI is InChI=1S/C17H19FN2O3/c1-11-8-14(13-3-2-12(18)9-15(13)20-11)16(21)19-10-17(22)4-6-23-7-5-17/h2-3,8-9,22H,4-7,10H2,1H3,(H,19,21). The minimum Gasteiger partial charge on any atom is -0.388 e. The third kappa shape index (κ3) is 3.48. The Labute approximate surface area is 133 Å². The molecule has 0 unspecified atom stereocenters. The SMILES string of the molecule is Cc1cc(C(=O)NCC2(O)CCOCC2)c2ccc(F)cc2n1. The number of nitrogens with zero attached hydrogens (tertiary/aromatic N) is 1. The van der Waals surface area contributed by atoms with Gasteiger partial charge in [-0.1, -0.05) is 0 Å². The van der Waals surface area contributed by atoms with Gasteiger partial charge in [-0.2, -0.15) is 0 Å². The second-order valence-corrected chi connectivity index (χ2v) is 5.99. The average molecular weight is 318 g/mol. The van der Waals surface area contributed by atoms with Gasteiger partial charge in [0.2, 0.25) is 0 Å². The van der Waals surface area contributed by atoms with Gasteiger partial charge in [-0.25, -0.2) is 4.39 Å². The molecule has 5 nitrogen and oxygen atoms in total. The highest BCUT2D eigenvalue weighted by Crippen LogP contribution is 2.22. The molecule has 0 aliphatic carbocycles. The molecule has 1 amide bonds. The Balaban J connectivity index is 1.83. The molecule has 1 fully saturated rings. The molecule has 122 valence electrons. The van der Waals surface area contributed by atoms with Crippen molar-refractivity contribution in [2.45, 2.75) is 25.4 Å². The van der Waals surface area contributed by atoms with Crippen LogP contribution in [0.2, 0.25) is 0 Å². The molecular formula is C17H19FN2O3. The molecule has 0 spiro atoms. The first kappa shape index (κ1) is 15.8. The zero-order valence-electron chi connectivity index (χ0n) is 12.9. The van der Waals surface area contributed by atoms with E-state index in [0.29, 0.717) is 48.2 Å². The summed E-state index contributed by atoms with van der Waals surface area (Å²) in [6.45, 7) is 2.90. The number of amides is 1. The summed E-state index contributed by atoms with van der Waals surface area (Å²) in [5.41, 5.74) is 0.582. The van der Waals surface area contributed by atoms with Crippen LogP contribution in [0.15, 0.2) is 24.3 Å². The summed E-state index contributed by atoms with van der Waals surface area (Å²) in [7, 11) is 0. The van der Waals surface area contributed by atoms with Crippen molar-refractivity contribution in [2.24, 2.45) is 0 Å². The number of nitrogens with one attached hydrogen (secondary N) is 1. The molecule has 2 heterocycles. The van der Waals surface area contributed by atoms with Crippen molar-refractivity contribution in [3.8, 4) is 0 Å². The van der Waals surface area contributed by atoms with E-state index in [1.807, 2.05) is 0 Å².